The Balaban J connectivity index is 3.61. The van der Waals surface area contributed by atoms with E-state index in [0.717, 1.165) is 16.3 Å². The van der Waals surface area contributed by atoms with E-state index in [0.29, 0.717) is 0 Å². The van der Waals surface area contributed by atoms with E-state index in [1.54, 1.807) is 0 Å². The predicted octanol–water partition coefficient (Wildman–Crippen LogP) is 2.96. The minimum absolute atomic E-state index is 0.00491. The molecule has 0 amide bonds. The van der Waals surface area contributed by atoms with Crippen LogP contribution in [0.3, 0.4) is 0 Å². The fraction of sp³-hybridized carbons (Fsp3) is 1.00. The number of hydrogen-bond acceptors (Lipinski definition) is 1. The summed E-state index contributed by atoms with van der Waals surface area (Å²) in [5, 5.41) is 0. The van der Waals surface area contributed by atoms with E-state index in [1.807, 2.05) is 0 Å². The van der Waals surface area contributed by atoms with Crippen LogP contribution in [0.4, 0.5) is 0 Å². The Kier molecular flexibility index (Phi) is 4.94. The first kappa shape index (κ1) is 11.7. The Hall–Kier alpha value is 0.690. The van der Waals surface area contributed by atoms with E-state index in [9.17, 15) is 0 Å². The van der Waals surface area contributed by atoms with E-state index >= 15 is 0 Å². The van der Waals surface area contributed by atoms with Crippen molar-refractivity contribution in [3.05, 3.63) is 0 Å². The van der Waals surface area contributed by atoms with Gasteiger partial charge >= 0.3 is 0 Å². The van der Waals surface area contributed by atoms with Crippen molar-refractivity contribution in [3.8, 4) is 0 Å². The second-order valence-corrected chi connectivity index (χ2v) is 6.44. The Morgan fingerprint density at radius 2 is 1.82 bits per heavy atom. The quantitative estimate of drug-likeness (QED) is 0.616. The maximum absolute atomic E-state index is 5.91. The van der Waals surface area contributed by atoms with Crippen LogP contribution in [0.5, 0.6) is 0 Å². The van der Waals surface area contributed by atoms with Crippen LogP contribution < -0.4 is 5.73 Å². The van der Waals surface area contributed by atoms with Gasteiger partial charge in [-0.3, -0.25) is 0 Å². The highest BCUT2D eigenvalue weighted by Crippen LogP contribution is 2.20. The second kappa shape index (κ2) is 4.65. The van der Waals surface area contributed by atoms with Crippen LogP contribution in [-0.4, -0.2) is 9.46 Å². The molecule has 0 bridgehead atoms. The number of rotatable bonds is 4. The van der Waals surface area contributed by atoms with Gasteiger partial charge in [0.1, 0.15) is 0 Å². The molecule has 0 aromatic rings. The van der Waals surface area contributed by atoms with Crippen molar-refractivity contribution in [2.75, 3.05) is 0 Å². The first-order chi connectivity index (χ1) is 4.81. The highest BCUT2D eigenvalue weighted by Gasteiger charge is 2.16. The maximum Gasteiger partial charge on any atom is 0.00995 e. The molecule has 0 aliphatic heterocycles. The van der Waals surface area contributed by atoms with Crippen molar-refractivity contribution in [1.82, 2.24) is 0 Å². The molecule has 2 unspecified atom stereocenters. The number of nitrogens with two attached hydrogens (primary N) is 1. The third-order valence-corrected chi connectivity index (χ3v) is 2.11. The van der Waals surface area contributed by atoms with Crippen LogP contribution in [0.15, 0.2) is 0 Å². The van der Waals surface area contributed by atoms with E-state index in [4.69, 9.17) is 5.73 Å². The van der Waals surface area contributed by atoms with Crippen LogP contribution in [0.2, 0.25) is 0 Å². The van der Waals surface area contributed by atoms with Gasteiger partial charge in [-0.15, -0.1) is 0 Å². The molecular formula is C9H20IN. The summed E-state index contributed by atoms with van der Waals surface area (Å²) in [5.41, 5.74) is 5.91. The molecule has 0 spiro atoms. The van der Waals surface area contributed by atoms with Crippen molar-refractivity contribution >= 4 is 22.6 Å². The summed E-state index contributed by atoms with van der Waals surface area (Å²) in [6.45, 7) is 8.73. The molecule has 11 heavy (non-hydrogen) atoms. The number of halogens is 1. The third kappa shape index (κ3) is 8.60. The second-order valence-electron chi connectivity index (χ2n) is 4.31. The van der Waals surface area contributed by atoms with Gasteiger partial charge in [-0.1, -0.05) is 36.4 Å². The molecule has 0 fully saturated rings. The molecule has 0 saturated carbocycles. The Morgan fingerprint density at radius 1 is 1.36 bits per heavy atom. The third-order valence-electron chi connectivity index (χ3n) is 1.60. The molecule has 0 rings (SSSR count). The van der Waals surface area contributed by atoms with Crippen LogP contribution in [-0.2, 0) is 0 Å². The normalized spacial score (nSPS) is 18.0. The molecule has 0 radical (unpaired) electrons. The van der Waals surface area contributed by atoms with Gasteiger partial charge in [0, 0.05) is 9.46 Å². The number of hydrogen-bond donors (Lipinski definition) is 1. The molecule has 2 heteroatoms. The van der Waals surface area contributed by atoms with E-state index < -0.39 is 0 Å². The van der Waals surface area contributed by atoms with Crippen molar-refractivity contribution in [2.24, 2.45) is 11.7 Å². The number of alkyl halides is 1. The zero-order chi connectivity index (χ0) is 9.07. The molecule has 0 heterocycles. The molecule has 2 N–H and O–H groups in total. The average molecular weight is 269 g/mol. The SMILES string of the molecule is CC(I)CC(C)CC(C)(C)N. The molecule has 68 valence electrons. The Labute approximate surface area is 84.3 Å². The van der Waals surface area contributed by atoms with Gasteiger partial charge in [0.25, 0.3) is 0 Å². The summed E-state index contributed by atoms with van der Waals surface area (Å²) in [6.07, 6.45) is 2.40. The Morgan fingerprint density at radius 3 is 2.09 bits per heavy atom. The lowest BCUT2D eigenvalue weighted by atomic mass is 9.90. The fourth-order valence-corrected chi connectivity index (χ4v) is 2.40. The summed E-state index contributed by atoms with van der Waals surface area (Å²) < 4.78 is 0.768. The van der Waals surface area contributed by atoms with E-state index in [-0.39, 0.29) is 5.54 Å². The smallest absolute Gasteiger partial charge is 0.00995 e. The van der Waals surface area contributed by atoms with Crippen molar-refractivity contribution in [1.29, 1.82) is 0 Å². The fourth-order valence-electron chi connectivity index (χ4n) is 1.54. The van der Waals surface area contributed by atoms with Crippen LogP contribution in [0, 0.1) is 5.92 Å². The lowest BCUT2D eigenvalue weighted by Crippen LogP contribution is -2.34. The largest absolute Gasteiger partial charge is 0.326 e. The summed E-state index contributed by atoms with van der Waals surface area (Å²) in [4.78, 5) is 0. The molecule has 0 aromatic heterocycles. The molecule has 0 saturated heterocycles. The van der Waals surface area contributed by atoms with Gasteiger partial charge < -0.3 is 5.73 Å². The van der Waals surface area contributed by atoms with E-state index in [1.165, 1.54) is 6.42 Å². The minimum Gasteiger partial charge on any atom is -0.326 e. The highest BCUT2D eigenvalue weighted by atomic mass is 127. The van der Waals surface area contributed by atoms with Gasteiger partial charge in [0.2, 0.25) is 0 Å². The molecule has 0 aliphatic carbocycles. The van der Waals surface area contributed by atoms with Gasteiger partial charge in [-0.2, -0.15) is 0 Å². The molecular weight excluding hydrogens is 249 g/mol. The van der Waals surface area contributed by atoms with Crippen molar-refractivity contribution < 1.29 is 0 Å². The van der Waals surface area contributed by atoms with Crippen molar-refractivity contribution in [2.45, 2.75) is 50.0 Å². The highest BCUT2D eigenvalue weighted by molar-refractivity contribution is 14.1. The van der Waals surface area contributed by atoms with Gasteiger partial charge in [0.05, 0.1) is 0 Å². The Bertz CT molecular complexity index is 105. The maximum atomic E-state index is 5.91. The summed E-state index contributed by atoms with van der Waals surface area (Å²) in [7, 11) is 0. The standard InChI is InChI=1S/C9H20IN/c1-7(5-8(2)10)6-9(3,4)11/h7-8H,5-6,11H2,1-4H3. The summed E-state index contributed by atoms with van der Waals surface area (Å²) >= 11 is 2.47. The first-order valence-corrected chi connectivity index (χ1v) is 5.49. The molecule has 0 aromatic carbocycles. The first-order valence-electron chi connectivity index (χ1n) is 4.24. The lowest BCUT2D eigenvalue weighted by molar-refractivity contribution is 0.367. The molecule has 0 aliphatic rings. The van der Waals surface area contributed by atoms with Gasteiger partial charge in [-0.25, -0.2) is 0 Å². The van der Waals surface area contributed by atoms with Crippen molar-refractivity contribution in [3.63, 3.8) is 0 Å². The topological polar surface area (TPSA) is 26.0 Å². The minimum atomic E-state index is 0.00491. The molecule has 1 nitrogen and oxygen atoms in total. The van der Waals surface area contributed by atoms with Gasteiger partial charge in [-0.05, 0) is 32.6 Å². The van der Waals surface area contributed by atoms with Crippen LogP contribution in [0.1, 0.15) is 40.5 Å². The predicted molar refractivity (Wildman–Crippen MR) is 60.1 cm³/mol. The zero-order valence-corrected chi connectivity index (χ0v) is 10.2. The van der Waals surface area contributed by atoms with Gasteiger partial charge in [0.15, 0.2) is 0 Å². The van der Waals surface area contributed by atoms with Crippen LogP contribution >= 0.6 is 22.6 Å². The lowest BCUT2D eigenvalue weighted by Gasteiger charge is -2.23. The van der Waals surface area contributed by atoms with Crippen LogP contribution in [0.25, 0.3) is 0 Å². The average Bonchev–Trinajstić information content (AvgIpc) is 1.53. The monoisotopic (exact) mass is 269 g/mol. The summed E-state index contributed by atoms with van der Waals surface area (Å²) in [5.74, 6) is 0.752. The zero-order valence-electron chi connectivity index (χ0n) is 8.02. The summed E-state index contributed by atoms with van der Waals surface area (Å²) in [6, 6.07) is 0. The molecule has 2 atom stereocenters. The van der Waals surface area contributed by atoms with E-state index in [2.05, 4.69) is 50.3 Å².